The van der Waals surface area contributed by atoms with Crippen LogP contribution < -0.4 is 4.90 Å². The number of carbonyl (C=O) groups excluding carboxylic acids is 1. The summed E-state index contributed by atoms with van der Waals surface area (Å²) < 4.78 is 1.85. The Hall–Kier alpha value is -1.36. The SMILES string of the molecule is CN(c1nc2sccn2c1C=O)C1CC1. The molecule has 0 N–H and O–H groups in total. The van der Waals surface area contributed by atoms with Crippen LogP contribution in [0.4, 0.5) is 5.82 Å². The van der Waals surface area contributed by atoms with Crippen LogP contribution in [-0.2, 0) is 0 Å². The molecule has 3 rings (SSSR count). The predicted octanol–water partition coefficient (Wildman–Crippen LogP) is 1.81. The van der Waals surface area contributed by atoms with Gasteiger partial charge in [-0.1, -0.05) is 0 Å². The molecule has 0 aromatic carbocycles. The highest BCUT2D eigenvalue weighted by molar-refractivity contribution is 7.15. The number of fused-ring (bicyclic) bond motifs is 1. The molecule has 0 bridgehead atoms. The maximum atomic E-state index is 11.1. The van der Waals surface area contributed by atoms with E-state index >= 15 is 0 Å². The Kier molecular flexibility index (Phi) is 1.82. The smallest absolute Gasteiger partial charge is 0.196 e. The molecule has 0 aliphatic heterocycles. The van der Waals surface area contributed by atoms with Gasteiger partial charge in [0, 0.05) is 24.7 Å². The van der Waals surface area contributed by atoms with Crippen molar-refractivity contribution in [2.24, 2.45) is 0 Å². The molecular formula is C10H11N3OS. The maximum Gasteiger partial charge on any atom is 0.196 e. The van der Waals surface area contributed by atoms with Crippen LogP contribution in [0.2, 0.25) is 0 Å². The van der Waals surface area contributed by atoms with Crippen molar-refractivity contribution in [3.8, 4) is 0 Å². The molecule has 1 aliphatic carbocycles. The molecule has 0 saturated heterocycles. The summed E-state index contributed by atoms with van der Waals surface area (Å²) >= 11 is 1.55. The van der Waals surface area contributed by atoms with E-state index in [-0.39, 0.29) is 0 Å². The average Bonchev–Trinajstić information content (AvgIpc) is 2.88. The van der Waals surface area contributed by atoms with Crippen molar-refractivity contribution in [1.82, 2.24) is 9.38 Å². The Bertz CT molecular complexity index is 512. The normalized spacial score (nSPS) is 15.8. The number of thiazole rings is 1. The summed E-state index contributed by atoms with van der Waals surface area (Å²) in [6.45, 7) is 0. The number of carbonyl (C=O) groups is 1. The fourth-order valence-corrected chi connectivity index (χ4v) is 2.51. The van der Waals surface area contributed by atoms with Gasteiger partial charge in [0.05, 0.1) is 0 Å². The number of rotatable bonds is 3. The number of nitrogens with zero attached hydrogens (tertiary/aromatic N) is 3. The molecule has 1 fully saturated rings. The van der Waals surface area contributed by atoms with Crippen LogP contribution in [0.1, 0.15) is 23.3 Å². The van der Waals surface area contributed by atoms with Crippen LogP contribution in [0.25, 0.3) is 4.96 Å². The first-order valence-electron chi connectivity index (χ1n) is 4.95. The van der Waals surface area contributed by atoms with Gasteiger partial charge < -0.3 is 4.90 Å². The van der Waals surface area contributed by atoms with E-state index in [4.69, 9.17) is 0 Å². The topological polar surface area (TPSA) is 37.6 Å². The van der Waals surface area contributed by atoms with Gasteiger partial charge in [-0.15, -0.1) is 11.3 Å². The molecular weight excluding hydrogens is 210 g/mol. The molecule has 2 aromatic heterocycles. The first kappa shape index (κ1) is 8.91. The van der Waals surface area contributed by atoms with Gasteiger partial charge in [-0.3, -0.25) is 9.20 Å². The van der Waals surface area contributed by atoms with Crippen molar-refractivity contribution < 1.29 is 4.79 Å². The van der Waals surface area contributed by atoms with Gasteiger partial charge in [-0.25, -0.2) is 4.98 Å². The number of hydrogen-bond acceptors (Lipinski definition) is 4. The largest absolute Gasteiger partial charge is 0.355 e. The third kappa shape index (κ3) is 1.26. The molecule has 0 atom stereocenters. The van der Waals surface area contributed by atoms with Gasteiger partial charge in [0.1, 0.15) is 5.69 Å². The van der Waals surface area contributed by atoms with E-state index < -0.39 is 0 Å². The van der Waals surface area contributed by atoms with Crippen LogP contribution in [0, 0.1) is 0 Å². The summed E-state index contributed by atoms with van der Waals surface area (Å²) in [5, 5.41) is 1.94. The fourth-order valence-electron chi connectivity index (χ4n) is 1.80. The molecule has 0 radical (unpaired) electrons. The minimum absolute atomic E-state index is 0.577. The molecule has 0 spiro atoms. The number of aldehydes is 1. The maximum absolute atomic E-state index is 11.1. The predicted molar refractivity (Wildman–Crippen MR) is 59.9 cm³/mol. The lowest BCUT2D eigenvalue weighted by Gasteiger charge is -2.15. The van der Waals surface area contributed by atoms with Crippen LogP contribution in [-0.4, -0.2) is 28.8 Å². The van der Waals surface area contributed by atoms with E-state index in [0.717, 1.165) is 17.1 Å². The summed E-state index contributed by atoms with van der Waals surface area (Å²) in [6, 6.07) is 0.577. The van der Waals surface area contributed by atoms with Crippen LogP contribution in [0.5, 0.6) is 0 Å². The van der Waals surface area contributed by atoms with Crippen LogP contribution >= 0.6 is 11.3 Å². The van der Waals surface area contributed by atoms with Crippen molar-refractivity contribution >= 4 is 28.4 Å². The molecule has 1 aliphatic rings. The first-order valence-corrected chi connectivity index (χ1v) is 5.83. The number of aromatic nitrogens is 2. The Morgan fingerprint density at radius 3 is 3.13 bits per heavy atom. The molecule has 15 heavy (non-hydrogen) atoms. The lowest BCUT2D eigenvalue weighted by molar-refractivity contribution is 0.111. The number of imidazole rings is 1. The molecule has 2 aromatic rings. The fraction of sp³-hybridized carbons (Fsp3) is 0.400. The van der Waals surface area contributed by atoms with E-state index in [9.17, 15) is 4.79 Å². The molecule has 0 amide bonds. The summed E-state index contributed by atoms with van der Waals surface area (Å²) in [4.78, 5) is 18.5. The molecule has 1 saturated carbocycles. The van der Waals surface area contributed by atoms with Gasteiger partial charge in [-0.05, 0) is 12.8 Å². The van der Waals surface area contributed by atoms with Gasteiger partial charge in [0.15, 0.2) is 17.1 Å². The molecule has 2 heterocycles. The highest BCUT2D eigenvalue weighted by Gasteiger charge is 2.30. The summed E-state index contributed by atoms with van der Waals surface area (Å²) in [5.74, 6) is 0.819. The van der Waals surface area contributed by atoms with E-state index in [1.165, 1.54) is 12.8 Å². The zero-order chi connectivity index (χ0) is 10.4. The standard InChI is InChI=1S/C10H11N3OS/c1-12(7-2-3-7)9-8(6-14)13-4-5-15-10(13)11-9/h4-7H,2-3H2,1H3. The highest BCUT2D eigenvalue weighted by atomic mass is 32.1. The van der Waals surface area contributed by atoms with E-state index in [1.807, 2.05) is 23.0 Å². The lowest BCUT2D eigenvalue weighted by Crippen LogP contribution is -2.21. The van der Waals surface area contributed by atoms with Crippen molar-refractivity contribution in [2.75, 3.05) is 11.9 Å². The minimum Gasteiger partial charge on any atom is -0.355 e. The summed E-state index contributed by atoms with van der Waals surface area (Å²) in [6.07, 6.45) is 5.20. The second-order valence-electron chi connectivity index (χ2n) is 3.84. The zero-order valence-electron chi connectivity index (χ0n) is 8.38. The van der Waals surface area contributed by atoms with Crippen molar-refractivity contribution in [2.45, 2.75) is 18.9 Å². The van der Waals surface area contributed by atoms with Gasteiger partial charge in [-0.2, -0.15) is 0 Å². The molecule has 0 unspecified atom stereocenters. The Morgan fingerprint density at radius 2 is 2.47 bits per heavy atom. The van der Waals surface area contributed by atoms with Gasteiger partial charge >= 0.3 is 0 Å². The number of anilines is 1. The Morgan fingerprint density at radius 1 is 1.67 bits per heavy atom. The number of hydrogen-bond donors (Lipinski definition) is 0. The molecule has 4 nitrogen and oxygen atoms in total. The summed E-state index contributed by atoms with van der Waals surface area (Å²) in [5.41, 5.74) is 0.667. The van der Waals surface area contributed by atoms with Crippen molar-refractivity contribution in [1.29, 1.82) is 0 Å². The molecule has 78 valence electrons. The second-order valence-corrected chi connectivity index (χ2v) is 4.71. The second kappa shape index (κ2) is 3.06. The van der Waals surface area contributed by atoms with E-state index in [1.54, 1.807) is 11.3 Å². The van der Waals surface area contributed by atoms with Crippen molar-refractivity contribution in [3.63, 3.8) is 0 Å². The quantitative estimate of drug-likeness (QED) is 0.742. The van der Waals surface area contributed by atoms with Gasteiger partial charge in [0.2, 0.25) is 0 Å². The Labute approximate surface area is 91.1 Å². The molecule has 5 heteroatoms. The third-order valence-electron chi connectivity index (χ3n) is 2.82. The lowest BCUT2D eigenvalue weighted by atomic mass is 10.4. The van der Waals surface area contributed by atoms with Crippen LogP contribution in [0.15, 0.2) is 11.6 Å². The van der Waals surface area contributed by atoms with Gasteiger partial charge in [0.25, 0.3) is 0 Å². The Balaban J connectivity index is 2.15. The first-order chi connectivity index (χ1) is 7.31. The summed E-state index contributed by atoms with van der Waals surface area (Å²) in [7, 11) is 2.01. The van der Waals surface area contributed by atoms with E-state index in [0.29, 0.717) is 11.7 Å². The minimum atomic E-state index is 0.577. The highest BCUT2D eigenvalue weighted by Crippen LogP contribution is 2.32. The van der Waals surface area contributed by atoms with E-state index in [2.05, 4.69) is 9.88 Å². The zero-order valence-corrected chi connectivity index (χ0v) is 9.20. The average molecular weight is 221 g/mol. The monoisotopic (exact) mass is 221 g/mol. The third-order valence-corrected chi connectivity index (χ3v) is 3.58. The van der Waals surface area contributed by atoms with Crippen LogP contribution in [0.3, 0.4) is 0 Å². The van der Waals surface area contributed by atoms with Crippen molar-refractivity contribution in [3.05, 3.63) is 17.3 Å².